The van der Waals surface area contributed by atoms with Gasteiger partial charge in [0, 0.05) is 17.1 Å². The van der Waals surface area contributed by atoms with Crippen molar-refractivity contribution in [1.82, 2.24) is 4.90 Å². The smallest absolute Gasteiger partial charge is 0.119 e. The van der Waals surface area contributed by atoms with Crippen LogP contribution in [-0.4, -0.2) is 31.1 Å². The molecule has 94 valence electrons. The van der Waals surface area contributed by atoms with Crippen molar-refractivity contribution in [3.63, 3.8) is 0 Å². The van der Waals surface area contributed by atoms with Gasteiger partial charge in [-0.2, -0.15) is 0 Å². The normalized spacial score (nSPS) is 16.6. The first-order valence-corrected chi connectivity index (χ1v) is 7.13. The number of nitrogens with zero attached hydrogens (tertiary/aromatic N) is 1. The highest BCUT2D eigenvalue weighted by Crippen LogP contribution is 2.22. The van der Waals surface area contributed by atoms with Gasteiger partial charge in [-0.3, -0.25) is 0 Å². The minimum Gasteiger partial charge on any atom is -0.492 e. The van der Waals surface area contributed by atoms with Crippen molar-refractivity contribution < 1.29 is 4.74 Å². The summed E-state index contributed by atoms with van der Waals surface area (Å²) in [4.78, 5) is 2.44. The van der Waals surface area contributed by atoms with E-state index in [1.807, 2.05) is 24.3 Å². The molecule has 1 aromatic carbocycles. The molecule has 0 amide bonds. The van der Waals surface area contributed by atoms with E-state index in [2.05, 4.69) is 27.9 Å². The summed E-state index contributed by atoms with van der Waals surface area (Å²) in [6.07, 6.45) is 5.49. The molecule has 0 radical (unpaired) electrons. The van der Waals surface area contributed by atoms with E-state index < -0.39 is 0 Å². The van der Waals surface area contributed by atoms with E-state index in [9.17, 15) is 0 Å². The second-order valence-electron chi connectivity index (χ2n) is 4.72. The van der Waals surface area contributed by atoms with Gasteiger partial charge in [0.15, 0.2) is 0 Å². The number of benzene rings is 1. The predicted octanol–water partition coefficient (Wildman–Crippen LogP) is 3.70. The van der Waals surface area contributed by atoms with Crippen LogP contribution in [0.2, 0.25) is 0 Å². The molecule has 0 aromatic heterocycles. The summed E-state index contributed by atoms with van der Waals surface area (Å²) in [5, 5.41) is 0. The molecule has 0 N–H and O–H groups in total. The third-order valence-corrected chi connectivity index (χ3v) is 4.00. The summed E-state index contributed by atoms with van der Waals surface area (Å²) in [5.41, 5.74) is 0. The van der Waals surface area contributed by atoms with Crippen LogP contribution >= 0.6 is 15.9 Å². The Hall–Kier alpha value is -0.540. The lowest BCUT2D eigenvalue weighted by atomic mass is 10.2. The van der Waals surface area contributed by atoms with Crippen LogP contribution in [0.25, 0.3) is 0 Å². The summed E-state index contributed by atoms with van der Waals surface area (Å²) < 4.78 is 6.82. The SMILES string of the molecule is CN(CCOc1ccc(Br)cc1)C1CCCC1. The van der Waals surface area contributed by atoms with Gasteiger partial charge in [0.2, 0.25) is 0 Å². The van der Waals surface area contributed by atoms with E-state index >= 15 is 0 Å². The standard InChI is InChI=1S/C14H20BrNO/c1-16(13-4-2-3-5-13)10-11-17-14-8-6-12(15)7-9-14/h6-9,13H,2-5,10-11H2,1H3. The summed E-state index contributed by atoms with van der Waals surface area (Å²) in [6, 6.07) is 8.80. The molecule has 1 aromatic rings. The zero-order chi connectivity index (χ0) is 12.1. The Kier molecular flexibility index (Phi) is 4.86. The maximum absolute atomic E-state index is 5.73. The van der Waals surface area contributed by atoms with Crippen LogP contribution in [0.15, 0.2) is 28.7 Å². The lowest BCUT2D eigenvalue weighted by molar-refractivity contribution is 0.193. The van der Waals surface area contributed by atoms with Crippen molar-refractivity contribution in [3.8, 4) is 5.75 Å². The van der Waals surface area contributed by atoms with Crippen molar-refractivity contribution in [3.05, 3.63) is 28.7 Å². The third-order valence-electron chi connectivity index (χ3n) is 3.47. The van der Waals surface area contributed by atoms with E-state index in [-0.39, 0.29) is 0 Å². The van der Waals surface area contributed by atoms with E-state index in [0.29, 0.717) is 0 Å². The minimum atomic E-state index is 0.772. The Labute approximate surface area is 112 Å². The van der Waals surface area contributed by atoms with E-state index in [1.165, 1.54) is 25.7 Å². The first-order chi connectivity index (χ1) is 8.25. The predicted molar refractivity (Wildman–Crippen MR) is 74.5 cm³/mol. The lowest BCUT2D eigenvalue weighted by Gasteiger charge is -2.23. The topological polar surface area (TPSA) is 12.5 Å². The second kappa shape index (κ2) is 6.41. The fourth-order valence-corrected chi connectivity index (χ4v) is 2.63. The fourth-order valence-electron chi connectivity index (χ4n) is 2.37. The van der Waals surface area contributed by atoms with Crippen molar-refractivity contribution in [1.29, 1.82) is 0 Å². The first kappa shape index (κ1) is 12.9. The Morgan fingerprint density at radius 3 is 2.53 bits per heavy atom. The molecule has 17 heavy (non-hydrogen) atoms. The molecule has 2 rings (SSSR count). The Morgan fingerprint density at radius 1 is 1.24 bits per heavy atom. The van der Waals surface area contributed by atoms with E-state index in [0.717, 1.165) is 29.4 Å². The maximum atomic E-state index is 5.73. The van der Waals surface area contributed by atoms with Gasteiger partial charge in [-0.15, -0.1) is 0 Å². The average Bonchev–Trinajstić information content (AvgIpc) is 2.85. The summed E-state index contributed by atoms with van der Waals surface area (Å²) in [7, 11) is 2.21. The van der Waals surface area contributed by atoms with Gasteiger partial charge < -0.3 is 9.64 Å². The van der Waals surface area contributed by atoms with Crippen molar-refractivity contribution in [2.24, 2.45) is 0 Å². The van der Waals surface area contributed by atoms with Gasteiger partial charge in [-0.1, -0.05) is 28.8 Å². The molecule has 0 atom stereocenters. The summed E-state index contributed by atoms with van der Waals surface area (Å²) >= 11 is 3.42. The number of hydrogen-bond acceptors (Lipinski definition) is 2. The zero-order valence-electron chi connectivity index (χ0n) is 10.4. The van der Waals surface area contributed by atoms with Gasteiger partial charge in [-0.25, -0.2) is 0 Å². The van der Waals surface area contributed by atoms with Crippen LogP contribution in [0, 0.1) is 0 Å². The Morgan fingerprint density at radius 2 is 1.88 bits per heavy atom. The molecule has 1 aliphatic rings. The van der Waals surface area contributed by atoms with Crippen molar-refractivity contribution in [2.75, 3.05) is 20.2 Å². The molecule has 0 unspecified atom stereocenters. The molecule has 1 aliphatic carbocycles. The van der Waals surface area contributed by atoms with E-state index in [4.69, 9.17) is 4.74 Å². The molecule has 3 heteroatoms. The number of likely N-dealkylation sites (N-methyl/N-ethyl adjacent to an activating group) is 1. The highest BCUT2D eigenvalue weighted by Gasteiger charge is 2.18. The first-order valence-electron chi connectivity index (χ1n) is 6.34. The number of hydrogen-bond donors (Lipinski definition) is 0. The third kappa shape index (κ3) is 4.00. The molecular formula is C14H20BrNO. The largest absolute Gasteiger partial charge is 0.492 e. The highest BCUT2D eigenvalue weighted by atomic mass is 79.9. The summed E-state index contributed by atoms with van der Waals surface area (Å²) in [5.74, 6) is 0.952. The van der Waals surface area contributed by atoms with Crippen LogP contribution in [0.5, 0.6) is 5.75 Å². The minimum absolute atomic E-state index is 0.772. The van der Waals surface area contributed by atoms with Gasteiger partial charge in [0.25, 0.3) is 0 Å². The highest BCUT2D eigenvalue weighted by molar-refractivity contribution is 9.10. The van der Waals surface area contributed by atoms with Crippen molar-refractivity contribution >= 4 is 15.9 Å². The average molecular weight is 298 g/mol. The van der Waals surface area contributed by atoms with Crippen LogP contribution in [0.4, 0.5) is 0 Å². The monoisotopic (exact) mass is 297 g/mol. The molecule has 0 aliphatic heterocycles. The van der Waals surface area contributed by atoms with Gasteiger partial charge in [0.05, 0.1) is 0 Å². The molecule has 0 heterocycles. The quantitative estimate of drug-likeness (QED) is 0.822. The van der Waals surface area contributed by atoms with Crippen LogP contribution in [0.3, 0.4) is 0 Å². The Bertz CT molecular complexity index is 333. The fraction of sp³-hybridized carbons (Fsp3) is 0.571. The van der Waals surface area contributed by atoms with Gasteiger partial charge in [0.1, 0.15) is 12.4 Å². The number of halogens is 1. The molecule has 2 nitrogen and oxygen atoms in total. The maximum Gasteiger partial charge on any atom is 0.119 e. The van der Waals surface area contributed by atoms with Crippen LogP contribution in [0.1, 0.15) is 25.7 Å². The van der Waals surface area contributed by atoms with E-state index in [1.54, 1.807) is 0 Å². The molecule has 1 saturated carbocycles. The molecule has 0 saturated heterocycles. The Balaban J connectivity index is 1.70. The molecule has 1 fully saturated rings. The molecule has 0 bridgehead atoms. The van der Waals surface area contributed by atoms with Crippen LogP contribution in [-0.2, 0) is 0 Å². The van der Waals surface area contributed by atoms with Crippen molar-refractivity contribution in [2.45, 2.75) is 31.7 Å². The number of ether oxygens (including phenoxy) is 1. The van der Waals surface area contributed by atoms with Gasteiger partial charge in [-0.05, 0) is 44.2 Å². The summed E-state index contributed by atoms with van der Waals surface area (Å²) in [6.45, 7) is 1.79. The van der Waals surface area contributed by atoms with Crippen LogP contribution < -0.4 is 4.74 Å². The molecule has 0 spiro atoms. The number of rotatable bonds is 5. The second-order valence-corrected chi connectivity index (χ2v) is 5.64. The van der Waals surface area contributed by atoms with Gasteiger partial charge >= 0.3 is 0 Å². The molecular weight excluding hydrogens is 278 g/mol. The lowest BCUT2D eigenvalue weighted by Crippen LogP contribution is -2.32. The zero-order valence-corrected chi connectivity index (χ0v) is 11.9.